The molecule has 1 amide bonds. The first-order chi connectivity index (χ1) is 9.42. The fourth-order valence-electron chi connectivity index (χ4n) is 1.84. The molecule has 110 valence electrons. The van der Waals surface area contributed by atoms with Gasteiger partial charge in [0.2, 0.25) is 5.91 Å². The molecule has 20 heavy (non-hydrogen) atoms. The zero-order valence-electron chi connectivity index (χ0n) is 11.5. The summed E-state index contributed by atoms with van der Waals surface area (Å²) in [6.45, 7) is 2.53. The lowest BCUT2D eigenvalue weighted by Gasteiger charge is -2.39. The molecule has 1 aliphatic carbocycles. The van der Waals surface area contributed by atoms with Crippen LogP contribution < -0.4 is 5.32 Å². The normalized spacial score (nSPS) is 17.9. The first-order valence-corrected chi connectivity index (χ1v) is 6.96. The van der Waals surface area contributed by atoms with Crippen molar-refractivity contribution >= 4 is 24.1 Å². The van der Waals surface area contributed by atoms with Crippen LogP contribution in [0.3, 0.4) is 0 Å². The van der Waals surface area contributed by atoms with Gasteiger partial charge in [0.1, 0.15) is 11.8 Å². The van der Waals surface area contributed by atoms with Crippen LogP contribution in [-0.4, -0.2) is 34.2 Å². The number of aldehydes is 1. The number of carbonyl (C=O) groups excluding carboxylic acids is 2. The minimum absolute atomic E-state index is 0.421. The van der Waals surface area contributed by atoms with Crippen LogP contribution >= 0.6 is 11.9 Å². The highest BCUT2D eigenvalue weighted by atomic mass is 32.2. The van der Waals surface area contributed by atoms with E-state index >= 15 is 0 Å². The van der Waals surface area contributed by atoms with Gasteiger partial charge in [-0.25, -0.2) is 0 Å². The number of amides is 1. The Morgan fingerprint density at radius 1 is 1.60 bits per heavy atom. The van der Waals surface area contributed by atoms with Crippen LogP contribution in [0, 0.1) is 4.91 Å². The lowest BCUT2D eigenvalue weighted by Crippen LogP contribution is -2.64. The van der Waals surface area contributed by atoms with E-state index in [2.05, 4.69) is 9.90 Å². The molecular weight excluding hydrogens is 280 g/mol. The van der Waals surface area contributed by atoms with Crippen molar-refractivity contribution in [1.29, 1.82) is 0 Å². The third kappa shape index (κ3) is 3.34. The summed E-state index contributed by atoms with van der Waals surface area (Å²) < 4.78 is 1.65. The molecule has 0 saturated heterocycles. The standard InChI is InChI=1S/C13H18N2O4S/c1-12(2,20-15-19)13(8-16,9-17)14-11(18)10-6-4-3-5-7-10/h3-4,6,8,17H,5,7,9H2,1-2H3,(H,14,18)/t13-/m1/s1. The van der Waals surface area contributed by atoms with Gasteiger partial charge in [-0.15, -0.1) is 4.91 Å². The van der Waals surface area contributed by atoms with Crippen molar-refractivity contribution in [3.05, 3.63) is 28.7 Å². The van der Waals surface area contributed by atoms with E-state index in [-0.39, 0.29) is 0 Å². The number of allylic oxidation sites excluding steroid dienone is 3. The third-order valence-electron chi connectivity index (χ3n) is 3.43. The summed E-state index contributed by atoms with van der Waals surface area (Å²) in [5, 5.41) is 12.1. The molecule has 0 aromatic rings. The molecule has 1 atom stereocenters. The van der Waals surface area contributed by atoms with Crippen LogP contribution in [0.5, 0.6) is 0 Å². The fourth-order valence-corrected chi connectivity index (χ4v) is 2.35. The summed E-state index contributed by atoms with van der Waals surface area (Å²) in [5.41, 5.74) is -1.03. The summed E-state index contributed by atoms with van der Waals surface area (Å²) in [6.07, 6.45) is 7.16. The monoisotopic (exact) mass is 298 g/mol. The second-order valence-electron chi connectivity index (χ2n) is 5.04. The Bertz CT molecular complexity index is 459. The smallest absolute Gasteiger partial charge is 0.248 e. The quantitative estimate of drug-likeness (QED) is 0.422. The van der Waals surface area contributed by atoms with E-state index in [9.17, 15) is 19.6 Å². The summed E-state index contributed by atoms with van der Waals surface area (Å²) >= 11 is 0.608. The van der Waals surface area contributed by atoms with Crippen LogP contribution in [0.2, 0.25) is 0 Å². The zero-order valence-corrected chi connectivity index (χ0v) is 12.3. The molecule has 0 bridgehead atoms. The van der Waals surface area contributed by atoms with Crippen LogP contribution in [0.15, 0.2) is 28.4 Å². The zero-order chi connectivity index (χ0) is 15.2. The van der Waals surface area contributed by atoms with Gasteiger partial charge in [-0.1, -0.05) is 18.2 Å². The second kappa shape index (κ2) is 6.81. The highest BCUT2D eigenvalue weighted by molar-refractivity contribution is 7.99. The topological polar surface area (TPSA) is 95.8 Å². The number of aliphatic hydroxyl groups is 1. The molecule has 1 rings (SSSR count). The van der Waals surface area contributed by atoms with Gasteiger partial charge in [0, 0.05) is 22.1 Å². The van der Waals surface area contributed by atoms with Crippen LogP contribution in [0.4, 0.5) is 0 Å². The van der Waals surface area contributed by atoms with Crippen LogP contribution in [0.1, 0.15) is 26.7 Å². The van der Waals surface area contributed by atoms with E-state index in [0.29, 0.717) is 30.2 Å². The van der Waals surface area contributed by atoms with Crippen molar-refractivity contribution in [3.8, 4) is 0 Å². The number of rotatable bonds is 7. The number of nitrogens with one attached hydrogen (secondary N) is 1. The molecule has 0 radical (unpaired) electrons. The predicted octanol–water partition coefficient (Wildman–Crippen LogP) is 1.50. The number of hydrogen-bond donors (Lipinski definition) is 2. The van der Waals surface area contributed by atoms with Gasteiger partial charge in [0.25, 0.3) is 0 Å². The Hall–Kier alpha value is -1.47. The maximum absolute atomic E-state index is 12.2. The molecule has 0 fully saturated rings. The molecule has 0 heterocycles. The number of hydrogen-bond acceptors (Lipinski definition) is 6. The van der Waals surface area contributed by atoms with E-state index < -0.39 is 22.8 Å². The van der Waals surface area contributed by atoms with Crippen molar-refractivity contribution in [2.24, 2.45) is 4.58 Å². The van der Waals surface area contributed by atoms with Gasteiger partial charge in [0.05, 0.1) is 11.4 Å². The molecule has 2 N–H and O–H groups in total. The fraction of sp³-hybridized carbons (Fsp3) is 0.538. The van der Waals surface area contributed by atoms with Crippen molar-refractivity contribution in [2.45, 2.75) is 37.0 Å². The second-order valence-corrected chi connectivity index (χ2v) is 6.39. The molecule has 6 nitrogen and oxygen atoms in total. The highest BCUT2D eigenvalue weighted by Crippen LogP contribution is 2.35. The largest absolute Gasteiger partial charge is 0.393 e. The van der Waals surface area contributed by atoms with Gasteiger partial charge >= 0.3 is 0 Å². The van der Waals surface area contributed by atoms with Gasteiger partial charge in [0.15, 0.2) is 0 Å². The average molecular weight is 298 g/mol. The molecule has 0 aliphatic heterocycles. The Morgan fingerprint density at radius 3 is 2.75 bits per heavy atom. The van der Waals surface area contributed by atoms with Gasteiger partial charge < -0.3 is 15.2 Å². The van der Waals surface area contributed by atoms with Crippen LogP contribution in [0.25, 0.3) is 0 Å². The Kier molecular flexibility index (Phi) is 5.64. The molecular formula is C13H18N2O4S. The number of aliphatic hydroxyl groups excluding tert-OH is 1. The van der Waals surface area contributed by atoms with Crippen molar-refractivity contribution in [3.63, 3.8) is 0 Å². The Morgan fingerprint density at radius 2 is 2.30 bits per heavy atom. The number of nitrogens with zero attached hydrogens (tertiary/aromatic N) is 1. The lowest BCUT2D eigenvalue weighted by molar-refractivity contribution is -0.126. The molecule has 0 saturated carbocycles. The van der Waals surface area contributed by atoms with Crippen LogP contribution in [-0.2, 0) is 9.59 Å². The first kappa shape index (κ1) is 16.6. The van der Waals surface area contributed by atoms with Gasteiger partial charge in [-0.05, 0) is 26.7 Å². The SMILES string of the molecule is CC(C)(SN=O)[C@@](C=O)(CO)NC(=O)C1=CC=CCC1. The molecule has 0 spiro atoms. The minimum Gasteiger partial charge on any atom is -0.393 e. The average Bonchev–Trinajstić information content (AvgIpc) is 2.45. The highest BCUT2D eigenvalue weighted by Gasteiger charge is 2.48. The van der Waals surface area contributed by atoms with E-state index in [4.69, 9.17) is 0 Å². The lowest BCUT2D eigenvalue weighted by atomic mass is 9.87. The number of nitroso groups, excluding NO2 is 1. The van der Waals surface area contributed by atoms with E-state index in [1.807, 2.05) is 6.08 Å². The van der Waals surface area contributed by atoms with E-state index in [1.54, 1.807) is 26.0 Å². The Labute approximate surface area is 121 Å². The summed E-state index contributed by atoms with van der Waals surface area (Å²) in [4.78, 5) is 34.1. The third-order valence-corrected chi connectivity index (χ3v) is 4.33. The van der Waals surface area contributed by atoms with Crippen molar-refractivity contribution in [1.82, 2.24) is 5.32 Å². The van der Waals surface area contributed by atoms with Gasteiger partial charge in [-0.3, -0.25) is 4.79 Å². The maximum Gasteiger partial charge on any atom is 0.248 e. The van der Waals surface area contributed by atoms with Crippen molar-refractivity contribution in [2.75, 3.05) is 6.61 Å². The van der Waals surface area contributed by atoms with E-state index in [0.717, 1.165) is 6.42 Å². The molecule has 0 unspecified atom stereocenters. The first-order valence-electron chi connectivity index (χ1n) is 6.18. The minimum atomic E-state index is -1.56. The van der Waals surface area contributed by atoms with E-state index in [1.165, 1.54) is 0 Å². The van der Waals surface area contributed by atoms with Crippen molar-refractivity contribution < 1.29 is 14.7 Å². The molecule has 0 aromatic carbocycles. The maximum atomic E-state index is 12.2. The predicted molar refractivity (Wildman–Crippen MR) is 77.9 cm³/mol. The molecule has 7 heteroatoms. The summed E-state index contributed by atoms with van der Waals surface area (Å²) in [7, 11) is 0. The molecule has 1 aliphatic rings. The summed E-state index contributed by atoms with van der Waals surface area (Å²) in [5.74, 6) is -0.421. The summed E-state index contributed by atoms with van der Waals surface area (Å²) in [6, 6.07) is 0. The molecule has 0 aromatic heterocycles. The Balaban J connectivity index is 2.99. The van der Waals surface area contributed by atoms with Gasteiger partial charge in [-0.2, -0.15) is 0 Å². The number of carbonyl (C=O) groups is 2.